The number of hydrogen-bond acceptors (Lipinski definition) is 7. The first-order chi connectivity index (χ1) is 13.7. The number of aromatic nitrogens is 4. The molecular weight excluding hydrogens is 379 g/mol. The first-order valence-electron chi connectivity index (χ1n) is 8.15. The normalized spacial score (nSPS) is 10.6. The molecule has 0 atom stereocenters. The minimum Gasteiger partial charge on any atom is -0.480 e. The number of fused-ring (bicyclic) bond motifs is 1. The molecule has 0 amide bonds. The minimum absolute atomic E-state index is 0.289. The second kappa shape index (κ2) is 7.54. The van der Waals surface area contributed by atoms with Gasteiger partial charge in [-0.15, -0.1) is 0 Å². The Labute approximate surface area is 164 Å². The van der Waals surface area contributed by atoms with E-state index in [1.807, 2.05) is 12.1 Å². The largest absolute Gasteiger partial charge is 0.480 e. The molecule has 0 aliphatic heterocycles. The highest BCUT2D eigenvalue weighted by atomic mass is 32.2. The van der Waals surface area contributed by atoms with Crippen LogP contribution in [0.25, 0.3) is 16.9 Å². The van der Waals surface area contributed by atoms with E-state index in [4.69, 9.17) is 4.74 Å². The maximum absolute atomic E-state index is 13.1. The van der Waals surface area contributed by atoms with Crippen LogP contribution in [-0.2, 0) is 0 Å². The van der Waals surface area contributed by atoms with Gasteiger partial charge in [0.2, 0.25) is 5.88 Å². The SMILES string of the molecule is COc1ncc(-c2ccc3ncc(C#N)n3n2)cc1NSc1ccc(F)cc1. The van der Waals surface area contributed by atoms with Crippen LogP contribution < -0.4 is 9.46 Å². The van der Waals surface area contributed by atoms with Gasteiger partial charge in [-0.3, -0.25) is 0 Å². The number of nitriles is 1. The van der Waals surface area contributed by atoms with Gasteiger partial charge in [0, 0.05) is 16.7 Å². The van der Waals surface area contributed by atoms with Crippen LogP contribution in [0, 0.1) is 17.1 Å². The van der Waals surface area contributed by atoms with Crippen LogP contribution in [-0.4, -0.2) is 26.7 Å². The topological polar surface area (TPSA) is 88.1 Å². The van der Waals surface area contributed by atoms with Gasteiger partial charge in [0.25, 0.3) is 0 Å². The maximum Gasteiger partial charge on any atom is 0.237 e. The van der Waals surface area contributed by atoms with Crippen molar-refractivity contribution in [1.29, 1.82) is 5.26 Å². The van der Waals surface area contributed by atoms with Gasteiger partial charge in [0.15, 0.2) is 11.3 Å². The van der Waals surface area contributed by atoms with Crippen LogP contribution in [0.15, 0.2) is 59.8 Å². The Balaban J connectivity index is 1.66. The van der Waals surface area contributed by atoms with E-state index >= 15 is 0 Å². The molecule has 0 radical (unpaired) electrons. The van der Waals surface area contributed by atoms with Crippen LogP contribution in [0.5, 0.6) is 5.88 Å². The number of rotatable bonds is 5. The summed E-state index contributed by atoms with van der Waals surface area (Å²) in [7, 11) is 1.53. The summed E-state index contributed by atoms with van der Waals surface area (Å²) in [6, 6.07) is 13.6. The molecule has 3 heterocycles. The third kappa shape index (κ3) is 3.45. The lowest BCUT2D eigenvalue weighted by atomic mass is 10.2. The van der Waals surface area contributed by atoms with E-state index in [1.54, 1.807) is 24.4 Å². The smallest absolute Gasteiger partial charge is 0.237 e. The van der Waals surface area contributed by atoms with Gasteiger partial charge < -0.3 is 9.46 Å². The molecule has 3 aromatic heterocycles. The van der Waals surface area contributed by atoms with E-state index in [9.17, 15) is 9.65 Å². The van der Waals surface area contributed by atoms with Crippen LogP contribution in [0.3, 0.4) is 0 Å². The Morgan fingerprint density at radius 1 is 1.14 bits per heavy atom. The molecule has 1 aromatic carbocycles. The molecule has 0 spiro atoms. The summed E-state index contributed by atoms with van der Waals surface area (Å²) in [6.07, 6.45) is 3.12. The molecule has 0 fully saturated rings. The second-order valence-electron chi connectivity index (χ2n) is 5.68. The summed E-state index contributed by atoms with van der Waals surface area (Å²) in [4.78, 5) is 9.30. The quantitative estimate of drug-likeness (QED) is 0.515. The number of ether oxygens (including phenoxy) is 1. The zero-order valence-corrected chi connectivity index (χ0v) is 15.4. The second-order valence-corrected chi connectivity index (χ2v) is 6.56. The molecule has 28 heavy (non-hydrogen) atoms. The molecule has 9 heteroatoms. The lowest BCUT2D eigenvalue weighted by molar-refractivity contribution is 0.400. The van der Waals surface area contributed by atoms with Gasteiger partial charge in [-0.05, 0) is 54.4 Å². The van der Waals surface area contributed by atoms with Crippen LogP contribution >= 0.6 is 11.9 Å². The summed E-state index contributed by atoms with van der Waals surface area (Å²) in [6.45, 7) is 0. The summed E-state index contributed by atoms with van der Waals surface area (Å²) >= 11 is 1.31. The highest BCUT2D eigenvalue weighted by Crippen LogP contribution is 2.31. The van der Waals surface area contributed by atoms with E-state index < -0.39 is 0 Å². The van der Waals surface area contributed by atoms with Crippen molar-refractivity contribution in [2.24, 2.45) is 0 Å². The summed E-state index contributed by atoms with van der Waals surface area (Å²) < 4.78 is 23.0. The van der Waals surface area contributed by atoms with E-state index in [-0.39, 0.29) is 5.82 Å². The van der Waals surface area contributed by atoms with Crippen molar-refractivity contribution in [1.82, 2.24) is 19.6 Å². The molecule has 0 saturated heterocycles. The molecule has 0 aliphatic carbocycles. The first kappa shape index (κ1) is 17.8. The minimum atomic E-state index is -0.289. The predicted molar refractivity (Wildman–Crippen MR) is 103 cm³/mol. The highest BCUT2D eigenvalue weighted by Gasteiger charge is 2.11. The van der Waals surface area contributed by atoms with E-state index in [2.05, 4.69) is 25.9 Å². The van der Waals surface area contributed by atoms with Crippen molar-refractivity contribution in [3.05, 3.63) is 66.4 Å². The van der Waals surface area contributed by atoms with Gasteiger partial charge in [0.1, 0.15) is 17.6 Å². The van der Waals surface area contributed by atoms with Gasteiger partial charge in [-0.2, -0.15) is 10.4 Å². The maximum atomic E-state index is 13.1. The fraction of sp³-hybridized carbons (Fsp3) is 0.0526. The molecule has 0 unspecified atom stereocenters. The number of benzene rings is 1. The van der Waals surface area contributed by atoms with Crippen molar-refractivity contribution in [3.8, 4) is 23.2 Å². The van der Waals surface area contributed by atoms with E-state index in [0.717, 1.165) is 10.5 Å². The fourth-order valence-corrected chi connectivity index (χ4v) is 3.19. The Kier molecular flexibility index (Phi) is 4.78. The molecular formula is C19H13FN6OS. The van der Waals surface area contributed by atoms with Crippen molar-refractivity contribution in [3.63, 3.8) is 0 Å². The van der Waals surface area contributed by atoms with Crippen molar-refractivity contribution < 1.29 is 9.13 Å². The lowest BCUT2D eigenvalue weighted by Crippen LogP contribution is -1.99. The van der Waals surface area contributed by atoms with Crippen molar-refractivity contribution >= 4 is 23.3 Å². The third-order valence-electron chi connectivity index (χ3n) is 3.91. The standard InChI is InChI=1S/C19H13FN6OS/c1-27-19-17(25-28-15-4-2-13(20)3-5-15)8-12(10-23-19)16-6-7-18-22-11-14(9-21)26(18)24-16/h2-8,10-11,25H,1H3. The van der Waals surface area contributed by atoms with Crippen LogP contribution in [0.2, 0.25) is 0 Å². The van der Waals surface area contributed by atoms with E-state index in [0.29, 0.717) is 28.6 Å². The molecule has 7 nitrogen and oxygen atoms in total. The lowest BCUT2D eigenvalue weighted by Gasteiger charge is -2.11. The number of methoxy groups -OCH3 is 1. The molecule has 1 N–H and O–H groups in total. The van der Waals surface area contributed by atoms with Crippen LogP contribution in [0.1, 0.15) is 5.69 Å². The Morgan fingerprint density at radius 2 is 1.96 bits per heavy atom. The van der Waals surface area contributed by atoms with Crippen LogP contribution in [0.4, 0.5) is 10.1 Å². The molecule has 138 valence electrons. The summed E-state index contributed by atoms with van der Waals surface area (Å²) in [5, 5.41) is 13.7. The number of imidazole rings is 1. The Hall–Kier alpha value is -3.64. The third-order valence-corrected chi connectivity index (χ3v) is 4.74. The number of pyridine rings is 1. The monoisotopic (exact) mass is 392 g/mol. The van der Waals surface area contributed by atoms with Gasteiger partial charge in [0.05, 0.1) is 19.0 Å². The highest BCUT2D eigenvalue weighted by molar-refractivity contribution is 8.00. The number of nitrogens with one attached hydrogen (secondary N) is 1. The molecule has 4 aromatic rings. The number of halogens is 1. The van der Waals surface area contributed by atoms with Gasteiger partial charge in [-0.25, -0.2) is 18.9 Å². The average Bonchev–Trinajstić information content (AvgIpc) is 3.15. The number of nitrogens with zero attached hydrogens (tertiary/aromatic N) is 5. The average molecular weight is 392 g/mol. The van der Waals surface area contributed by atoms with E-state index in [1.165, 1.54) is 41.9 Å². The molecule has 0 aliphatic rings. The molecule has 0 bridgehead atoms. The summed E-state index contributed by atoms with van der Waals surface area (Å²) in [5.74, 6) is 0.128. The molecule has 4 rings (SSSR count). The number of anilines is 1. The zero-order chi connectivity index (χ0) is 19.5. The predicted octanol–water partition coefficient (Wildman–Crippen LogP) is 3.93. The Morgan fingerprint density at radius 3 is 2.71 bits per heavy atom. The zero-order valence-electron chi connectivity index (χ0n) is 14.6. The van der Waals surface area contributed by atoms with Crippen molar-refractivity contribution in [2.45, 2.75) is 4.90 Å². The molecule has 0 saturated carbocycles. The Bertz CT molecular complexity index is 1190. The van der Waals surface area contributed by atoms with Gasteiger partial charge >= 0.3 is 0 Å². The first-order valence-corrected chi connectivity index (χ1v) is 8.97. The fourth-order valence-electron chi connectivity index (χ4n) is 2.55. The van der Waals surface area contributed by atoms with Gasteiger partial charge in [-0.1, -0.05) is 0 Å². The summed E-state index contributed by atoms with van der Waals surface area (Å²) in [5.41, 5.74) is 2.95. The number of hydrogen-bond donors (Lipinski definition) is 1. The van der Waals surface area contributed by atoms with Crippen molar-refractivity contribution in [2.75, 3.05) is 11.8 Å².